The van der Waals surface area contributed by atoms with Gasteiger partial charge in [-0.2, -0.15) is 0 Å². The summed E-state index contributed by atoms with van der Waals surface area (Å²) in [6.45, 7) is 8.96. The summed E-state index contributed by atoms with van der Waals surface area (Å²) >= 11 is 6.01. The first kappa shape index (κ1) is 20.1. The molecular weight excluding hydrogens is 334 g/mol. The fourth-order valence-corrected chi connectivity index (χ4v) is 2.29. The van der Waals surface area contributed by atoms with Gasteiger partial charge in [-0.15, -0.1) is 0 Å². The molecule has 0 fully saturated rings. The lowest BCUT2D eigenvalue weighted by atomic mass is 9.97. The Balaban J connectivity index is 3.01. The summed E-state index contributed by atoms with van der Waals surface area (Å²) in [7, 11) is 0. The van der Waals surface area contributed by atoms with Crippen molar-refractivity contribution in [3.8, 4) is 5.75 Å². The topological polar surface area (TPSA) is 95.9 Å². The molecule has 7 heteroatoms. The summed E-state index contributed by atoms with van der Waals surface area (Å²) in [5.41, 5.74) is 0.486. The number of phenols is 1. The maximum Gasteiger partial charge on any atom is 0.408 e. The Bertz CT molecular complexity index is 622. The fraction of sp³-hybridized carbons (Fsp3) is 0.529. The smallest absolute Gasteiger partial charge is 0.408 e. The van der Waals surface area contributed by atoms with Crippen LogP contribution in [-0.2, 0) is 16.0 Å². The normalized spacial score (nSPS) is 12.8. The monoisotopic (exact) mass is 357 g/mol. The van der Waals surface area contributed by atoms with Crippen molar-refractivity contribution < 1.29 is 24.5 Å². The molecule has 1 rings (SSSR count). The van der Waals surface area contributed by atoms with Crippen LogP contribution in [0.3, 0.4) is 0 Å². The van der Waals surface area contributed by atoms with E-state index in [-0.39, 0.29) is 23.1 Å². The molecule has 0 radical (unpaired) electrons. The summed E-state index contributed by atoms with van der Waals surface area (Å²) < 4.78 is 5.07. The summed E-state index contributed by atoms with van der Waals surface area (Å²) in [5.74, 6) is -1.26. The van der Waals surface area contributed by atoms with Gasteiger partial charge < -0.3 is 20.3 Å². The summed E-state index contributed by atoms with van der Waals surface area (Å²) in [6.07, 6.45) is -0.943. The average Bonchev–Trinajstić information content (AvgIpc) is 2.40. The van der Waals surface area contributed by atoms with Crippen molar-refractivity contribution in [2.24, 2.45) is 0 Å². The molecule has 24 heavy (non-hydrogen) atoms. The number of amides is 1. The summed E-state index contributed by atoms with van der Waals surface area (Å²) in [6, 6.07) is 2.09. The van der Waals surface area contributed by atoms with E-state index < -0.39 is 23.7 Å². The average molecular weight is 358 g/mol. The van der Waals surface area contributed by atoms with Gasteiger partial charge in [0.15, 0.2) is 0 Å². The zero-order valence-corrected chi connectivity index (χ0v) is 15.3. The van der Waals surface area contributed by atoms with Gasteiger partial charge in [0.2, 0.25) is 0 Å². The quantitative estimate of drug-likeness (QED) is 0.746. The zero-order chi connectivity index (χ0) is 18.7. The van der Waals surface area contributed by atoms with Crippen LogP contribution < -0.4 is 5.32 Å². The van der Waals surface area contributed by atoms with Crippen LogP contribution in [-0.4, -0.2) is 33.9 Å². The number of carboxylic acids is 1. The maximum absolute atomic E-state index is 11.8. The molecule has 0 saturated heterocycles. The number of aliphatic carboxylic acids is 1. The number of nitrogens with one attached hydrogen (secondary N) is 1. The van der Waals surface area contributed by atoms with Crippen LogP contribution in [0.5, 0.6) is 5.75 Å². The minimum atomic E-state index is -1.25. The number of halogens is 1. The molecule has 1 aromatic carbocycles. The number of carboxylic acid groups (broad SMARTS) is 1. The molecule has 1 amide bonds. The Morgan fingerprint density at radius 1 is 1.29 bits per heavy atom. The molecule has 6 nitrogen and oxygen atoms in total. The van der Waals surface area contributed by atoms with Gasteiger partial charge in [0.05, 0.1) is 5.02 Å². The zero-order valence-electron chi connectivity index (χ0n) is 14.5. The summed E-state index contributed by atoms with van der Waals surface area (Å²) in [4.78, 5) is 23.2. The lowest BCUT2D eigenvalue weighted by Gasteiger charge is -2.22. The van der Waals surface area contributed by atoms with Crippen LogP contribution >= 0.6 is 11.6 Å². The summed E-state index contributed by atoms with van der Waals surface area (Å²) in [5, 5.41) is 21.9. The molecule has 0 aliphatic heterocycles. The molecule has 0 spiro atoms. The number of benzene rings is 1. The first-order chi connectivity index (χ1) is 10.9. The molecule has 0 heterocycles. The van der Waals surface area contributed by atoms with Crippen LogP contribution in [0.4, 0.5) is 4.79 Å². The molecule has 1 unspecified atom stereocenters. The highest BCUT2D eigenvalue weighted by Gasteiger charge is 2.26. The van der Waals surface area contributed by atoms with Crippen LogP contribution in [0.15, 0.2) is 12.1 Å². The van der Waals surface area contributed by atoms with E-state index in [0.29, 0.717) is 5.56 Å². The second-order valence-electron chi connectivity index (χ2n) is 6.91. The van der Waals surface area contributed by atoms with Crippen LogP contribution in [0.1, 0.15) is 51.7 Å². The van der Waals surface area contributed by atoms with E-state index in [1.165, 1.54) is 0 Å². The van der Waals surface area contributed by atoms with Gasteiger partial charge in [0.1, 0.15) is 17.4 Å². The third-order valence-corrected chi connectivity index (χ3v) is 3.53. The van der Waals surface area contributed by atoms with Gasteiger partial charge >= 0.3 is 12.1 Å². The van der Waals surface area contributed by atoms with Crippen molar-refractivity contribution in [2.75, 3.05) is 0 Å². The number of phenolic OH excluding ortho intramolecular Hbond substituents is 1. The van der Waals surface area contributed by atoms with Gasteiger partial charge in [-0.25, -0.2) is 9.59 Å². The van der Waals surface area contributed by atoms with Crippen molar-refractivity contribution in [2.45, 2.75) is 58.6 Å². The minimum absolute atomic E-state index is 0.110. The predicted octanol–water partition coefficient (Wildman–Crippen LogP) is 3.69. The van der Waals surface area contributed by atoms with Crippen LogP contribution in [0.2, 0.25) is 5.02 Å². The Hall–Kier alpha value is -1.95. The molecule has 3 N–H and O–H groups in total. The molecule has 0 aliphatic rings. The van der Waals surface area contributed by atoms with Gasteiger partial charge in [-0.3, -0.25) is 0 Å². The highest BCUT2D eigenvalue weighted by molar-refractivity contribution is 6.32. The van der Waals surface area contributed by atoms with Gasteiger partial charge in [0.25, 0.3) is 0 Å². The van der Waals surface area contributed by atoms with Crippen molar-refractivity contribution in [1.82, 2.24) is 5.32 Å². The van der Waals surface area contributed by atoms with Crippen molar-refractivity contribution in [3.63, 3.8) is 0 Å². The Morgan fingerprint density at radius 2 is 1.88 bits per heavy atom. The van der Waals surface area contributed by atoms with E-state index in [1.54, 1.807) is 32.9 Å². The van der Waals surface area contributed by atoms with E-state index >= 15 is 0 Å². The first-order valence-corrected chi connectivity index (χ1v) is 8.02. The Labute approximate surface area is 146 Å². The molecule has 1 atom stereocenters. The molecule has 0 saturated carbocycles. The molecular formula is C17H24ClNO5. The third kappa shape index (κ3) is 5.92. The first-order valence-electron chi connectivity index (χ1n) is 7.64. The molecule has 134 valence electrons. The van der Waals surface area contributed by atoms with E-state index in [0.717, 1.165) is 5.56 Å². The van der Waals surface area contributed by atoms with Gasteiger partial charge in [-0.05, 0) is 43.9 Å². The molecule has 0 bridgehead atoms. The minimum Gasteiger partial charge on any atom is -0.506 e. The maximum atomic E-state index is 11.8. The predicted molar refractivity (Wildman–Crippen MR) is 91.7 cm³/mol. The number of aromatic hydroxyl groups is 1. The number of hydrogen-bond donors (Lipinski definition) is 3. The molecule has 1 aromatic rings. The standard InChI is InChI=1S/C17H24ClNO5/c1-9(2)10-6-11(14(20)12(18)7-10)8-13(15(21)22)19-16(23)24-17(3,4)5/h6-7,9,13,20H,8H2,1-5H3,(H,19,23)(H,21,22). The lowest BCUT2D eigenvalue weighted by Crippen LogP contribution is -2.44. The fourth-order valence-electron chi connectivity index (χ4n) is 2.04. The van der Waals surface area contributed by atoms with Crippen molar-refractivity contribution in [3.05, 3.63) is 28.3 Å². The highest BCUT2D eigenvalue weighted by Crippen LogP contribution is 2.32. The Morgan fingerprint density at radius 3 is 2.33 bits per heavy atom. The van der Waals surface area contributed by atoms with Crippen LogP contribution in [0, 0.1) is 0 Å². The second-order valence-corrected chi connectivity index (χ2v) is 7.31. The largest absolute Gasteiger partial charge is 0.506 e. The van der Waals surface area contributed by atoms with E-state index in [2.05, 4.69) is 5.32 Å². The number of carbonyl (C=O) groups excluding carboxylic acids is 1. The second kappa shape index (κ2) is 7.75. The number of ether oxygens (including phenoxy) is 1. The van der Waals surface area contributed by atoms with Gasteiger partial charge in [-0.1, -0.05) is 31.5 Å². The van der Waals surface area contributed by atoms with Gasteiger partial charge in [0, 0.05) is 6.42 Å². The van der Waals surface area contributed by atoms with Crippen molar-refractivity contribution in [1.29, 1.82) is 0 Å². The van der Waals surface area contributed by atoms with Crippen LogP contribution in [0.25, 0.3) is 0 Å². The number of hydrogen-bond acceptors (Lipinski definition) is 4. The molecule has 0 aliphatic carbocycles. The highest BCUT2D eigenvalue weighted by atomic mass is 35.5. The third-order valence-electron chi connectivity index (χ3n) is 3.24. The van der Waals surface area contributed by atoms with E-state index in [9.17, 15) is 19.8 Å². The lowest BCUT2D eigenvalue weighted by molar-refractivity contribution is -0.139. The van der Waals surface area contributed by atoms with E-state index in [1.807, 2.05) is 13.8 Å². The Kier molecular flexibility index (Phi) is 6.49. The number of rotatable bonds is 5. The number of alkyl carbamates (subject to hydrolysis) is 1. The van der Waals surface area contributed by atoms with Crippen molar-refractivity contribution >= 4 is 23.7 Å². The molecule has 0 aromatic heterocycles. The number of carbonyl (C=O) groups is 2. The van der Waals surface area contributed by atoms with E-state index in [4.69, 9.17) is 16.3 Å². The SMILES string of the molecule is CC(C)c1cc(Cl)c(O)c(CC(NC(=O)OC(C)(C)C)C(=O)O)c1.